The monoisotopic (exact) mass is 434 g/mol. The molecule has 0 saturated carbocycles. The van der Waals surface area contributed by atoms with Gasteiger partial charge in [0.1, 0.15) is 0 Å². The summed E-state index contributed by atoms with van der Waals surface area (Å²) in [6, 6.07) is 6.78. The second-order valence-corrected chi connectivity index (χ2v) is 8.52. The lowest BCUT2D eigenvalue weighted by Crippen LogP contribution is -2.32. The average Bonchev–Trinajstić information content (AvgIpc) is 3.11. The smallest absolute Gasteiger partial charge is 0.258 e. The highest BCUT2D eigenvalue weighted by Gasteiger charge is 2.43. The van der Waals surface area contributed by atoms with Gasteiger partial charge in [-0.15, -0.1) is 0 Å². The van der Waals surface area contributed by atoms with Gasteiger partial charge in [-0.3, -0.25) is 10.1 Å². The third kappa shape index (κ3) is 3.71. The first-order chi connectivity index (χ1) is 13.0. The molecule has 0 amide bonds. The van der Waals surface area contributed by atoms with Gasteiger partial charge in [0, 0.05) is 17.6 Å². The van der Waals surface area contributed by atoms with Gasteiger partial charge in [-0.25, -0.2) is 8.42 Å². The SMILES string of the molecule is O=[N+]([O-])c1cc(Cl)ccc1S(=O)(=O)N1CCCC1c1ccccc1C(F)(F)F. The predicted octanol–water partition coefficient (Wildman–Crippen LogP) is 4.79. The van der Waals surface area contributed by atoms with Crippen LogP contribution >= 0.6 is 11.6 Å². The number of nitro groups is 1. The Hall–Kier alpha value is -2.17. The normalized spacial score (nSPS) is 18.4. The van der Waals surface area contributed by atoms with Crippen molar-refractivity contribution in [3.05, 3.63) is 68.7 Å². The summed E-state index contributed by atoms with van der Waals surface area (Å²) in [5, 5.41) is 11.3. The van der Waals surface area contributed by atoms with Gasteiger partial charge in [0.15, 0.2) is 4.90 Å². The summed E-state index contributed by atoms with van der Waals surface area (Å²) in [7, 11) is -4.43. The van der Waals surface area contributed by atoms with E-state index in [4.69, 9.17) is 11.6 Å². The molecule has 0 spiro atoms. The number of hydrogen-bond acceptors (Lipinski definition) is 4. The zero-order valence-corrected chi connectivity index (χ0v) is 15.8. The molecular formula is C17H14ClF3N2O4S. The van der Waals surface area contributed by atoms with Crippen LogP contribution in [0.4, 0.5) is 18.9 Å². The Morgan fingerprint density at radius 3 is 2.50 bits per heavy atom. The Morgan fingerprint density at radius 1 is 1.18 bits per heavy atom. The molecule has 3 rings (SSSR count). The summed E-state index contributed by atoms with van der Waals surface area (Å²) in [4.78, 5) is 9.81. The van der Waals surface area contributed by atoms with Crippen molar-refractivity contribution in [2.75, 3.05) is 6.54 Å². The molecular weight excluding hydrogens is 421 g/mol. The molecule has 0 aliphatic carbocycles. The van der Waals surface area contributed by atoms with Crippen LogP contribution < -0.4 is 0 Å². The van der Waals surface area contributed by atoms with E-state index in [9.17, 15) is 31.7 Å². The van der Waals surface area contributed by atoms with Crippen molar-refractivity contribution in [1.82, 2.24) is 4.31 Å². The maximum Gasteiger partial charge on any atom is 0.416 e. The quantitative estimate of drug-likeness (QED) is 0.511. The van der Waals surface area contributed by atoms with Crippen molar-refractivity contribution in [3.63, 3.8) is 0 Å². The lowest BCUT2D eigenvalue weighted by Gasteiger charge is -2.26. The van der Waals surface area contributed by atoms with Gasteiger partial charge in [-0.1, -0.05) is 29.8 Å². The third-order valence-corrected chi connectivity index (χ3v) is 6.72. The van der Waals surface area contributed by atoms with E-state index < -0.39 is 43.3 Å². The summed E-state index contributed by atoms with van der Waals surface area (Å²) in [6.45, 7) is -0.0427. The Labute approximate surface area is 163 Å². The van der Waals surface area contributed by atoms with Crippen molar-refractivity contribution >= 4 is 27.3 Å². The highest BCUT2D eigenvalue weighted by Crippen LogP contribution is 2.43. The fraction of sp³-hybridized carbons (Fsp3) is 0.294. The van der Waals surface area contributed by atoms with Crippen molar-refractivity contribution in [3.8, 4) is 0 Å². The van der Waals surface area contributed by atoms with Crippen molar-refractivity contribution in [1.29, 1.82) is 0 Å². The minimum atomic E-state index is -4.65. The number of rotatable bonds is 4. The first-order valence-corrected chi connectivity index (χ1v) is 9.97. The molecule has 0 bridgehead atoms. The fourth-order valence-corrected chi connectivity index (χ4v) is 5.34. The molecule has 1 heterocycles. The summed E-state index contributed by atoms with van der Waals surface area (Å²) in [6.07, 6.45) is -4.15. The van der Waals surface area contributed by atoms with Crippen LogP contribution in [-0.4, -0.2) is 24.2 Å². The van der Waals surface area contributed by atoms with E-state index in [2.05, 4.69) is 0 Å². The molecule has 6 nitrogen and oxygen atoms in total. The molecule has 28 heavy (non-hydrogen) atoms. The average molecular weight is 435 g/mol. The van der Waals surface area contributed by atoms with Crippen LogP contribution in [0.2, 0.25) is 5.02 Å². The first-order valence-electron chi connectivity index (χ1n) is 8.15. The van der Waals surface area contributed by atoms with Gasteiger partial charge in [0.2, 0.25) is 10.0 Å². The van der Waals surface area contributed by atoms with Crippen LogP contribution in [0.5, 0.6) is 0 Å². The van der Waals surface area contributed by atoms with E-state index in [-0.39, 0.29) is 23.6 Å². The second-order valence-electron chi connectivity index (χ2n) is 6.23. The largest absolute Gasteiger partial charge is 0.416 e. The van der Waals surface area contributed by atoms with E-state index in [0.717, 1.165) is 22.5 Å². The van der Waals surface area contributed by atoms with Crippen molar-refractivity contribution in [2.24, 2.45) is 0 Å². The summed E-state index contributed by atoms with van der Waals surface area (Å²) in [5.41, 5.74) is -1.82. The van der Waals surface area contributed by atoms with Crippen LogP contribution in [0.15, 0.2) is 47.4 Å². The minimum absolute atomic E-state index is 0.0222. The molecule has 1 aliphatic rings. The Bertz CT molecular complexity index is 1030. The summed E-state index contributed by atoms with van der Waals surface area (Å²) < 4.78 is 67.3. The summed E-state index contributed by atoms with van der Waals surface area (Å²) in [5.74, 6) is 0. The highest BCUT2D eigenvalue weighted by atomic mass is 35.5. The highest BCUT2D eigenvalue weighted by molar-refractivity contribution is 7.89. The van der Waals surface area contributed by atoms with Gasteiger partial charge in [0.05, 0.1) is 16.5 Å². The zero-order chi connectivity index (χ0) is 20.7. The Morgan fingerprint density at radius 2 is 1.86 bits per heavy atom. The van der Waals surface area contributed by atoms with Crippen LogP contribution in [0.25, 0.3) is 0 Å². The summed E-state index contributed by atoms with van der Waals surface area (Å²) >= 11 is 5.73. The topological polar surface area (TPSA) is 80.5 Å². The molecule has 2 aromatic rings. The van der Waals surface area contributed by atoms with E-state index >= 15 is 0 Å². The van der Waals surface area contributed by atoms with Gasteiger partial charge >= 0.3 is 6.18 Å². The Balaban J connectivity index is 2.11. The van der Waals surface area contributed by atoms with Crippen molar-refractivity contribution in [2.45, 2.75) is 30.0 Å². The standard InChI is InChI=1S/C17H14ClF3N2O4S/c18-11-7-8-16(15(10-11)23(24)25)28(26,27)22-9-3-6-14(22)12-4-1-2-5-13(12)17(19,20)21/h1-2,4-5,7-8,10,14H,3,6,9H2. The van der Waals surface area contributed by atoms with E-state index in [1.807, 2.05) is 0 Å². The molecule has 0 aromatic heterocycles. The Kier molecular flexibility index (Phi) is 5.39. The molecule has 1 atom stereocenters. The molecule has 1 fully saturated rings. The number of hydrogen-bond donors (Lipinski definition) is 0. The molecule has 0 radical (unpaired) electrons. The number of halogens is 4. The van der Waals surface area contributed by atoms with Crippen LogP contribution in [0.1, 0.15) is 30.0 Å². The molecule has 1 unspecified atom stereocenters. The number of nitrogens with zero attached hydrogens (tertiary/aromatic N) is 2. The predicted molar refractivity (Wildman–Crippen MR) is 95.4 cm³/mol. The number of nitro benzene ring substituents is 1. The van der Waals surface area contributed by atoms with Crippen LogP contribution in [0, 0.1) is 10.1 Å². The van der Waals surface area contributed by atoms with Crippen LogP contribution in [0.3, 0.4) is 0 Å². The van der Waals surface area contributed by atoms with E-state index in [1.54, 1.807) is 0 Å². The number of benzene rings is 2. The third-order valence-electron chi connectivity index (χ3n) is 4.53. The molecule has 1 aliphatic heterocycles. The molecule has 0 N–H and O–H groups in total. The zero-order valence-electron chi connectivity index (χ0n) is 14.2. The first kappa shape index (κ1) is 20.6. The molecule has 1 saturated heterocycles. The van der Waals surface area contributed by atoms with Gasteiger partial charge in [-0.2, -0.15) is 17.5 Å². The van der Waals surface area contributed by atoms with Gasteiger partial charge < -0.3 is 0 Å². The van der Waals surface area contributed by atoms with Crippen molar-refractivity contribution < 1.29 is 26.5 Å². The minimum Gasteiger partial charge on any atom is -0.258 e. The van der Waals surface area contributed by atoms with Gasteiger partial charge in [0.25, 0.3) is 5.69 Å². The lowest BCUT2D eigenvalue weighted by molar-refractivity contribution is -0.387. The molecule has 150 valence electrons. The second kappa shape index (κ2) is 7.34. The van der Waals surface area contributed by atoms with E-state index in [1.165, 1.54) is 24.3 Å². The maximum atomic E-state index is 13.4. The molecule has 2 aromatic carbocycles. The number of sulfonamides is 1. The molecule has 11 heteroatoms. The van der Waals surface area contributed by atoms with Crippen LogP contribution in [-0.2, 0) is 16.2 Å². The fourth-order valence-electron chi connectivity index (χ4n) is 3.36. The lowest BCUT2D eigenvalue weighted by atomic mass is 9.99. The van der Waals surface area contributed by atoms with Gasteiger partial charge in [-0.05, 0) is 36.6 Å². The number of alkyl halides is 3. The van der Waals surface area contributed by atoms with E-state index in [0.29, 0.717) is 6.42 Å². The maximum absolute atomic E-state index is 13.4.